The largest absolute Gasteiger partial charge is 0.416 e. The Bertz CT molecular complexity index is 789. The number of amides is 1. The first-order chi connectivity index (χ1) is 11.7. The lowest BCUT2D eigenvalue weighted by atomic mass is 10.2. The minimum absolute atomic E-state index is 0.0508. The molecular weight excluding hydrogens is 339 g/mol. The lowest BCUT2D eigenvalue weighted by molar-refractivity contribution is -0.384. The summed E-state index contributed by atoms with van der Waals surface area (Å²) in [5.41, 5.74) is 0.0182. The predicted octanol–water partition coefficient (Wildman–Crippen LogP) is 3.97. The molecule has 2 N–H and O–H groups in total. The second-order valence-electron chi connectivity index (χ2n) is 5.25. The van der Waals surface area contributed by atoms with Crippen molar-refractivity contribution in [3.05, 3.63) is 63.7 Å². The van der Waals surface area contributed by atoms with Gasteiger partial charge in [-0.05, 0) is 42.8 Å². The fourth-order valence-electron chi connectivity index (χ4n) is 2.05. The number of nitrogens with zero attached hydrogens (tertiary/aromatic N) is 1. The Morgan fingerprint density at radius 1 is 1.16 bits per heavy atom. The summed E-state index contributed by atoms with van der Waals surface area (Å²) in [6, 6.07) is 8.55. The van der Waals surface area contributed by atoms with E-state index in [0.717, 1.165) is 12.1 Å². The van der Waals surface area contributed by atoms with E-state index in [1.165, 1.54) is 24.3 Å². The first-order valence-corrected chi connectivity index (χ1v) is 7.13. The maximum atomic E-state index is 12.5. The van der Waals surface area contributed by atoms with Crippen LogP contribution in [0.1, 0.15) is 11.1 Å². The highest BCUT2D eigenvalue weighted by molar-refractivity contribution is 5.95. The zero-order valence-electron chi connectivity index (χ0n) is 13.1. The molecule has 0 radical (unpaired) electrons. The Kier molecular flexibility index (Phi) is 5.26. The van der Waals surface area contributed by atoms with Crippen LogP contribution in [-0.4, -0.2) is 17.4 Å². The molecule has 6 nitrogen and oxygen atoms in total. The second kappa shape index (κ2) is 7.20. The van der Waals surface area contributed by atoms with Crippen molar-refractivity contribution >= 4 is 23.0 Å². The minimum atomic E-state index is -4.43. The molecule has 0 aliphatic heterocycles. The maximum absolute atomic E-state index is 12.5. The Labute approximate surface area is 140 Å². The Morgan fingerprint density at radius 3 is 2.36 bits per heavy atom. The first-order valence-electron chi connectivity index (χ1n) is 7.13. The van der Waals surface area contributed by atoms with E-state index in [4.69, 9.17) is 0 Å². The molecule has 25 heavy (non-hydrogen) atoms. The van der Waals surface area contributed by atoms with Gasteiger partial charge in [0.1, 0.15) is 5.69 Å². The van der Waals surface area contributed by atoms with Crippen LogP contribution < -0.4 is 10.6 Å². The van der Waals surface area contributed by atoms with Crippen LogP contribution in [0.25, 0.3) is 0 Å². The molecule has 2 aromatic rings. The first kappa shape index (κ1) is 18.2. The molecule has 0 spiro atoms. The van der Waals surface area contributed by atoms with Crippen LogP contribution in [-0.2, 0) is 11.0 Å². The summed E-state index contributed by atoms with van der Waals surface area (Å²) in [6.45, 7) is 1.43. The number of hydrogen-bond donors (Lipinski definition) is 2. The summed E-state index contributed by atoms with van der Waals surface area (Å²) < 4.78 is 37.4. The van der Waals surface area contributed by atoms with Crippen LogP contribution in [0.4, 0.5) is 30.2 Å². The van der Waals surface area contributed by atoms with Gasteiger partial charge in [0.05, 0.1) is 17.0 Å². The number of nitro groups is 1. The van der Waals surface area contributed by atoms with E-state index in [1.54, 1.807) is 13.0 Å². The van der Waals surface area contributed by atoms with Crippen molar-refractivity contribution in [1.82, 2.24) is 0 Å². The number of nitro benzene ring substituents is 1. The summed E-state index contributed by atoms with van der Waals surface area (Å²) >= 11 is 0. The predicted molar refractivity (Wildman–Crippen MR) is 86.4 cm³/mol. The van der Waals surface area contributed by atoms with Crippen LogP contribution in [0.3, 0.4) is 0 Å². The molecule has 2 aromatic carbocycles. The fraction of sp³-hybridized carbons (Fsp3) is 0.188. The number of carbonyl (C=O) groups is 1. The van der Waals surface area contributed by atoms with Crippen molar-refractivity contribution in [2.75, 3.05) is 17.2 Å². The maximum Gasteiger partial charge on any atom is 0.416 e. The number of nitrogens with one attached hydrogen (secondary N) is 2. The van der Waals surface area contributed by atoms with Crippen molar-refractivity contribution in [1.29, 1.82) is 0 Å². The summed E-state index contributed by atoms with van der Waals surface area (Å²) in [5.74, 6) is -0.563. The van der Waals surface area contributed by atoms with E-state index >= 15 is 0 Å². The van der Waals surface area contributed by atoms with Gasteiger partial charge in [0.15, 0.2) is 0 Å². The molecule has 0 aliphatic carbocycles. The molecular formula is C16H14F3N3O3. The van der Waals surface area contributed by atoms with Gasteiger partial charge in [-0.25, -0.2) is 0 Å². The molecule has 0 fully saturated rings. The molecule has 2 rings (SSSR count). The highest BCUT2D eigenvalue weighted by atomic mass is 19.4. The van der Waals surface area contributed by atoms with Gasteiger partial charge in [0.2, 0.25) is 5.91 Å². The molecule has 0 atom stereocenters. The van der Waals surface area contributed by atoms with Gasteiger partial charge >= 0.3 is 6.18 Å². The third-order valence-electron chi connectivity index (χ3n) is 3.29. The van der Waals surface area contributed by atoms with E-state index in [-0.39, 0.29) is 17.9 Å². The van der Waals surface area contributed by atoms with Gasteiger partial charge < -0.3 is 10.6 Å². The van der Waals surface area contributed by atoms with Crippen molar-refractivity contribution in [3.8, 4) is 0 Å². The number of aryl methyl sites for hydroxylation is 1. The van der Waals surface area contributed by atoms with E-state index in [0.29, 0.717) is 11.3 Å². The number of hydrogen-bond acceptors (Lipinski definition) is 4. The van der Waals surface area contributed by atoms with Gasteiger partial charge in [-0.15, -0.1) is 0 Å². The van der Waals surface area contributed by atoms with Crippen LogP contribution in [0.15, 0.2) is 42.5 Å². The van der Waals surface area contributed by atoms with Gasteiger partial charge in [0, 0.05) is 11.8 Å². The number of carbonyl (C=O) groups excluding carboxylic acids is 1. The number of anilines is 2. The molecule has 0 heterocycles. The Morgan fingerprint density at radius 2 is 1.80 bits per heavy atom. The fourth-order valence-corrected chi connectivity index (χ4v) is 2.05. The zero-order chi connectivity index (χ0) is 18.6. The van der Waals surface area contributed by atoms with Crippen molar-refractivity contribution < 1.29 is 22.9 Å². The summed E-state index contributed by atoms with van der Waals surface area (Å²) in [5, 5.41) is 16.1. The molecule has 0 bridgehead atoms. The van der Waals surface area contributed by atoms with Crippen molar-refractivity contribution in [3.63, 3.8) is 0 Å². The number of rotatable bonds is 5. The zero-order valence-corrected chi connectivity index (χ0v) is 13.1. The van der Waals surface area contributed by atoms with Gasteiger partial charge in [-0.3, -0.25) is 14.9 Å². The average Bonchev–Trinajstić information content (AvgIpc) is 2.54. The van der Waals surface area contributed by atoms with Gasteiger partial charge in [-0.2, -0.15) is 13.2 Å². The van der Waals surface area contributed by atoms with Crippen LogP contribution >= 0.6 is 0 Å². The highest BCUT2D eigenvalue weighted by Crippen LogP contribution is 2.30. The monoisotopic (exact) mass is 353 g/mol. The molecule has 0 aromatic heterocycles. The second-order valence-corrected chi connectivity index (χ2v) is 5.25. The average molecular weight is 353 g/mol. The quantitative estimate of drug-likeness (QED) is 0.629. The molecule has 9 heteroatoms. The Hall–Kier alpha value is -3.10. The topological polar surface area (TPSA) is 84.3 Å². The molecule has 0 unspecified atom stereocenters. The van der Waals surface area contributed by atoms with E-state index < -0.39 is 22.6 Å². The normalized spacial score (nSPS) is 11.0. The van der Waals surface area contributed by atoms with Gasteiger partial charge in [-0.1, -0.05) is 6.07 Å². The third kappa shape index (κ3) is 4.93. The summed E-state index contributed by atoms with van der Waals surface area (Å²) in [4.78, 5) is 22.3. The van der Waals surface area contributed by atoms with Gasteiger partial charge in [0.25, 0.3) is 5.69 Å². The van der Waals surface area contributed by atoms with E-state index in [1.807, 2.05) is 0 Å². The van der Waals surface area contributed by atoms with Crippen molar-refractivity contribution in [2.24, 2.45) is 0 Å². The lowest BCUT2D eigenvalue weighted by Crippen LogP contribution is -2.22. The standard InChI is InChI=1S/C16H14F3N3O3/c1-10-2-7-13(14(8-10)22(24)25)21-15(23)9-20-12-5-3-11(4-6-12)16(17,18)19/h2-8,20H,9H2,1H3,(H,21,23). The number of halogens is 3. The number of benzene rings is 2. The smallest absolute Gasteiger partial charge is 0.376 e. The molecule has 0 aliphatic rings. The van der Waals surface area contributed by atoms with Crippen LogP contribution in [0, 0.1) is 17.0 Å². The van der Waals surface area contributed by atoms with E-state index in [2.05, 4.69) is 10.6 Å². The summed E-state index contributed by atoms with van der Waals surface area (Å²) in [6.07, 6.45) is -4.43. The molecule has 0 saturated carbocycles. The van der Waals surface area contributed by atoms with Crippen LogP contribution in [0.2, 0.25) is 0 Å². The minimum Gasteiger partial charge on any atom is -0.376 e. The van der Waals surface area contributed by atoms with Crippen LogP contribution in [0.5, 0.6) is 0 Å². The Balaban J connectivity index is 1.99. The molecule has 1 amide bonds. The number of alkyl halides is 3. The highest BCUT2D eigenvalue weighted by Gasteiger charge is 2.29. The van der Waals surface area contributed by atoms with Crippen molar-refractivity contribution in [2.45, 2.75) is 13.1 Å². The lowest BCUT2D eigenvalue weighted by Gasteiger charge is -2.10. The summed E-state index contributed by atoms with van der Waals surface area (Å²) in [7, 11) is 0. The van der Waals surface area contributed by atoms with E-state index in [9.17, 15) is 28.1 Å². The third-order valence-corrected chi connectivity index (χ3v) is 3.29. The SMILES string of the molecule is Cc1ccc(NC(=O)CNc2ccc(C(F)(F)F)cc2)c([N+](=O)[O-])c1. The molecule has 132 valence electrons. The molecule has 0 saturated heterocycles.